The molecule has 3 aliphatic rings. The standard InChI is InChI=1S/C38H52O6/c1-38-26-34(43-24-23-42-22-12-7-5-3-2-4-6-11-15-36(40)41)37-31-19-17-30(44-27-28-13-9-8-10-14-28)25-29(31)16-18-32(37)33(38)20-21-35(38)39/h8-10,13-14,17,19,25,32-34,37H,2-7,11-12,15-16,18,20-24,26-27H2,1H3,(H,40,41)/t32-,33-,34-,37+,38-/m0/s1. The molecule has 0 aliphatic heterocycles. The summed E-state index contributed by atoms with van der Waals surface area (Å²) in [7, 11) is 0. The van der Waals surface area contributed by atoms with E-state index in [2.05, 4.69) is 37.3 Å². The van der Waals surface area contributed by atoms with E-state index in [1.54, 1.807) is 0 Å². The first-order valence-electron chi connectivity index (χ1n) is 17.2. The maximum absolute atomic E-state index is 13.1. The van der Waals surface area contributed by atoms with Crippen LogP contribution in [0.3, 0.4) is 0 Å². The molecule has 6 nitrogen and oxygen atoms in total. The molecule has 0 bridgehead atoms. The van der Waals surface area contributed by atoms with Gasteiger partial charge in [0.15, 0.2) is 0 Å². The molecule has 0 aromatic heterocycles. The predicted octanol–water partition coefficient (Wildman–Crippen LogP) is 8.30. The zero-order valence-electron chi connectivity index (χ0n) is 26.6. The van der Waals surface area contributed by atoms with E-state index in [0.717, 1.165) is 70.1 Å². The first-order valence-corrected chi connectivity index (χ1v) is 17.2. The van der Waals surface area contributed by atoms with Gasteiger partial charge < -0.3 is 19.3 Å². The quantitative estimate of drug-likeness (QED) is 0.172. The van der Waals surface area contributed by atoms with Crippen LogP contribution in [-0.4, -0.2) is 42.8 Å². The number of benzene rings is 2. The number of hydrogen-bond acceptors (Lipinski definition) is 5. The molecule has 2 saturated carbocycles. The highest BCUT2D eigenvalue weighted by Gasteiger charge is 2.58. The molecule has 1 N–H and O–H groups in total. The number of ether oxygens (including phenoxy) is 3. The number of aliphatic carboxylic acids is 1. The maximum atomic E-state index is 13.1. The number of aryl methyl sites for hydroxylation is 1. The Morgan fingerprint density at radius 2 is 1.64 bits per heavy atom. The third-order valence-corrected chi connectivity index (χ3v) is 10.6. The minimum absolute atomic E-state index is 0.0255. The second-order valence-electron chi connectivity index (χ2n) is 13.5. The van der Waals surface area contributed by atoms with Gasteiger partial charge in [0.2, 0.25) is 0 Å². The number of ketones is 1. The van der Waals surface area contributed by atoms with E-state index in [9.17, 15) is 9.59 Å². The molecule has 0 saturated heterocycles. The van der Waals surface area contributed by atoms with E-state index in [1.165, 1.54) is 36.0 Å². The lowest BCUT2D eigenvalue weighted by Gasteiger charge is -2.51. The van der Waals surface area contributed by atoms with Crippen molar-refractivity contribution in [3.63, 3.8) is 0 Å². The van der Waals surface area contributed by atoms with Crippen molar-refractivity contribution in [3.8, 4) is 5.75 Å². The van der Waals surface area contributed by atoms with Gasteiger partial charge in [0, 0.05) is 30.8 Å². The van der Waals surface area contributed by atoms with Crippen molar-refractivity contribution in [2.45, 2.75) is 115 Å². The summed E-state index contributed by atoms with van der Waals surface area (Å²) in [5.41, 5.74) is 3.66. The molecule has 5 rings (SSSR count). The van der Waals surface area contributed by atoms with Gasteiger partial charge in [-0.1, -0.05) is 81.8 Å². The number of hydrogen-bond donors (Lipinski definition) is 1. The number of rotatable bonds is 18. The van der Waals surface area contributed by atoms with Gasteiger partial charge in [0.05, 0.1) is 19.3 Å². The van der Waals surface area contributed by atoms with Crippen LogP contribution in [0.15, 0.2) is 48.5 Å². The predicted molar refractivity (Wildman–Crippen MR) is 172 cm³/mol. The van der Waals surface area contributed by atoms with Gasteiger partial charge in [0.1, 0.15) is 18.1 Å². The Bertz CT molecular complexity index is 1210. The van der Waals surface area contributed by atoms with E-state index in [4.69, 9.17) is 19.3 Å². The summed E-state index contributed by atoms with van der Waals surface area (Å²) >= 11 is 0. The van der Waals surface area contributed by atoms with E-state index in [1.807, 2.05) is 18.2 Å². The molecular weight excluding hydrogens is 552 g/mol. The first kappa shape index (κ1) is 32.7. The Balaban J connectivity index is 1.09. The van der Waals surface area contributed by atoms with Gasteiger partial charge >= 0.3 is 5.97 Å². The van der Waals surface area contributed by atoms with Crippen LogP contribution in [0.2, 0.25) is 0 Å². The number of carboxylic acids is 1. The maximum Gasteiger partial charge on any atom is 0.303 e. The Labute approximate surface area is 263 Å². The molecule has 0 spiro atoms. The molecule has 240 valence electrons. The fraction of sp³-hybridized carbons (Fsp3) is 0.632. The topological polar surface area (TPSA) is 82.1 Å². The molecular formula is C38H52O6. The number of carboxylic acid groups (broad SMARTS) is 1. The molecule has 3 aliphatic carbocycles. The molecule has 0 unspecified atom stereocenters. The molecule has 6 heteroatoms. The largest absolute Gasteiger partial charge is 0.489 e. The van der Waals surface area contributed by atoms with Gasteiger partial charge in [-0.25, -0.2) is 0 Å². The van der Waals surface area contributed by atoms with Gasteiger partial charge in [-0.3, -0.25) is 9.59 Å². The normalized spacial score (nSPS) is 25.7. The zero-order chi connectivity index (χ0) is 30.8. The van der Waals surface area contributed by atoms with Crippen LogP contribution < -0.4 is 4.74 Å². The van der Waals surface area contributed by atoms with Gasteiger partial charge in [-0.15, -0.1) is 0 Å². The van der Waals surface area contributed by atoms with Crippen LogP contribution in [0.5, 0.6) is 5.75 Å². The Hall–Kier alpha value is -2.70. The van der Waals surface area contributed by atoms with Gasteiger partial charge in [0.25, 0.3) is 0 Å². The summed E-state index contributed by atoms with van der Waals surface area (Å²) in [5, 5.41) is 8.71. The Kier molecular flexibility index (Phi) is 11.9. The zero-order valence-corrected chi connectivity index (χ0v) is 26.6. The van der Waals surface area contributed by atoms with Crippen LogP contribution >= 0.6 is 0 Å². The van der Waals surface area contributed by atoms with Gasteiger partial charge in [-0.05, 0) is 79.2 Å². The second kappa shape index (κ2) is 16.0. The number of carbonyl (C=O) groups is 2. The van der Waals surface area contributed by atoms with Crippen molar-refractivity contribution in [3.05, 3.63) is 65.2 Å². The van der Waals surface area contributed by atoms with Crippen molar-refractivity contribution in [2.75, 3.05) is 19.8 Å². The van der Waals surface area contributed by atoms with Crippen molar-refractivity contribution in [1.82, 2.24) is 0 Å². The fourth-order valence-electron chi connectivity index (χ4n) is 8.27. The van der Waals surface area contributed by atoms with Gasteiger partial charge in [-0.2, -0.15) is 0 Å². The summed E-state index contributed by atoms with van der Waals surface area (Å²) < 4.78 is 18.8. The van der Waals surface area contributed by atoms with E-state index >= 15 is 0 Å². The third kappa shape index (κ3) is 8.31. The summed E-state index contributed by atoms with van der Waals surface area (Å²) in [5.74, 6) is 1.90. The third-order valence-electron chi connectivity index (χ3n) is 10.6. The SMILES string of the molecule is C[C@]12C[C@H](OCCOCCCCCCCCCCC(=O)O)[C@@H]3c4ccc(OCc5ccccc5)cc4CC[C@H]3[C@@H]1CCC2=O. The molecule has 5 atom stereocenters. The summed E-state index contributed by atoms with van der Waals surface area (Å²) in [4.78, 5) is 23.7. The number of carbonyl (C=O) groups excluding carboxylic acids is 1. The van der Waals surface area contributed by atoms with E-state index in [-0.39, 0.29) is 11.5 Å². The lowest BCUT2D eigenvalue weighted by atomic mass is 9.54. The lowest BCUT2D eigenvalue weighted by Crippen LogP contribution is -2.50. The lowest BCUT2D eigenvalue weighted by molar-refractivity contribution is -0.138. The van der Waals surface area contributed by atoms with Crippen LogP contribution in [-0.2, 0) is 32.1 Å². The Morgan fingerprint density at radius 3 is 2.41 bits per heavy atom. The summed E-state index contributed by atoms with van der Waals surface area (Å²) in [6.07, 6.45) is 13.7. The molecule has 0 radical (unpaired) electrons. The average Bonchev–Trinajstić information content (AvgIpc) is 3.33. The molecule has 0 heterocycles. The second-order valence-corrected chi connectivity index (χ2v) is 13.5. The van der Waals surface area contributed by atoms with Crippen molar-refractivity contribution < 1.29 is 28.9 Å². The van der Waals surface area contributed by atoms with Crippen molar-refractivity contribution >= 4 is 11.8 Å². The molecule has 0 amide bonds. The molecule has 2 fully saturated rings. The van der Waals surface area contributed by atoms with Crippen LogP contribution in [0.4, 0.5) is 0 Å². The van der Waals surface area contributed by atoms with E-state index < -0.39 is 5.97 Å². The number of unbranched alkanes of at least 4 members (excludes halogenated alkanes) is 7. The summed E-state index contributed by atoms with van der Waals surface area (Å²) in [6, 6.07) is 16.9. The number of fused-ring (bicyclic) bond motifs is 5. The van der Waals surface area contributed by atoms with Crippen molar-refractivity contribution in [1.29, 1.82) is 0 Å². The smallest absolute Gasteiger partial charge is 0.303 e. The minimum Gasteiger partial charge on any atom is -0.489 e. The first-order chi connectivity index (χ1) is 21.5. The van der Waals surface area contributed by atoms with Crippen LogP contribution in [0, 0.1) is 17.3 Å². The number of Topliss-reactive ketones (excluding diaryl/α,β-unsaturated/α-hetero) is 1. The highest BCUT2D eigenvalue weighted by Crippen LogP contribution is 2.60. The fourth-order valence-corrected chi connectivity index (χ4v) is 8.27. The molecule has 2 aromatic carbocycles. The molecule has 2 aromatic rings. The Morgan fingerprint density at radius 1 is 0.886 bits per heavy atom. The van der Waals surface area contributed by atoms with Crippen LogP contribution in [0.1, 0.15) is 113 Å². The molecule has 44 heavy (non-hydrogen) atoms. The highest BCUT2D eigenvalue weighted by atomic mass is 16.5. The summed E-state index contributed by atoms with van der Waals surface area (Å²) in [6.45, 7) is 4.68. The van der Waals surface area contributed by atoms with Crippen LogP contribution in [0.25, 0.3) is 0 Å². The minimum atomic E-state index is -0.691. The highest BCUT2D eigenvalue weighted by molar-refractivity contribution is 5.87. The average molecular weight is 605 g/mol. The monoisotopic (exact) mass is 604 g/mol. The van der Waals surface area contributed by atoms with Crippen molar-refractivity contribution in [2.24, 2.45) is 17.3 Å². The van der Waals surface area contributed by atoms with E-state index in [0.29, 0.717) is 56.2 Å².